The SMILES string of the molecule is CCCNC(=O)CN1CCN(c2ccc(NC(=O)c3cccc(C)c3)cc2C(=O)O)CC1.O=C(O)C(F)(F)F. The molecule has 1 heterocycles. The Labute approximate surface area is 223 Å². The van der Waals surface area contributed by atoms with Gasteiger partial charge < -0.3 is 25.7 Å². The van der Waals surface area contributed by atoms with E-state index in [-0.39, 0.29) is 17.4 Å². The number of carboxylic acid groups (broad SMARTS) is 2. The normalized spacial score (nSPS) is 13.6. The van der Waals surface area contributed by atoms with Gasteiger partial charge in [0.1, 0.15) is 0 Å². The molecule has 39 heavy (non-hydrogen) atoms. The van der Waals surface area contributed by atoms with Gasteiger partial charge in [0.2, 0.25) is 5.91 Å². The molecular weight excluding hydrogens is 521 g/mol. The number of anilines is 2. The number of aliphatic carboxylic acids is 1. The lowest BCUT2D eigenvalue weighted by Crippen LogP contribution is -2.49. The molecule has 1 aliphatic rings. The van der Waals surface area contributed by atoms with Crippen molar-refractivity contribution < 1.29 is 42.6 Å². The van der Waals surface area contributed by atoms with Crippen LogP contribution in [-0.4, -0.2) is 84.3 Å². The van der Waals surface area contributed by atoms with E-state index in [1.54, 1.807) is 24.3 Å². The van der Waals surface area contributed by atoms with Crippen molar-refractivity contribution in [3.8, 4) is 0 Å². The molecule has 0 atom stereocenters. The zero-order valence-electron chi connectivity index (χ0n) is 21.5. The Bertz CT molecular complexity index is 1180. The maximum absolute atomic E-state index is 12.5. The quantitative estimate of drug-likeness (QED) is 0.392. The standard InChI is InChI=1S/C24H30N4O4.C2HF3O2/c1-3-9-25-22(29)16-27-10-12-28(13-11-27)21-8-7-19(15-20(21)24(31)32)26-23(30)18-6-4-5-17(2)14-18;3-2(4,5)1(6)7/h4-8,14-15H,3,9-13,16H2,1-2H3,(H,25,29)(H,26,30)(H,31,32);(H,6,7). The second kappa shape index (κ2) is 14.1. The number of alkyl halides is 3. The Morgan fingerprint density at radius 1 is 0.974 bits per heavy atom. The number of benzene rings is 2. The van der Waals surface area contributed by atoms with E-state index < -0.39 is 18.1 Å². The number of carbonyl (C=O) groups is 4. The monoisotopic (exact) mass is 552 g/mol. The predicted molar refractivity (Wildman–Crippen MR) is 138 cm³/mol. The lowest BCUT2D eigenvalue weighted by Gasteiger charge is -2.36. The van der Waals surface area contributed by atoms with Gasteiger partial charge in [-0.15, -0.1) is 0 Å². The summed E-state index contributed by atoms with van der Waals surface area (Å²) in [5.41, 5.74) is 2.68. The number of nitrogens with one attached hydrogen (secondary N) is 2. The van der Waals surface area contributed by atoms with Crippen LogP contribution in [-0.2, 0) is 9.59 Å². The number of aryl methyl sites for hydroxylation is 1. The van der Waals surface area contributed by atoms with Crippen molar-refractivity contribution in [2.24, 2.45) is 0 Å². The minimum atomic E-state index is -5.08. The fourth-order valence-electron chi connectivity index (χ4n) is 3.72. The van der Waals surface area contributed by atoms with Crippen LogP contribution >= 0.6 is 0 Å². The number of hydrogen-bond donors (Lipinski definition) is 4. The smallest absolute Gasteiger partial charge is 0.478 e. The number of nitrogens with zero attached hydrogens (tertiary/aromatic N) is 2. The minimum absolute atomic E-state index is 0.0141. The second-order valence-corrected chi connectivity index (χ2v) is 8.78. The molecule has 3 rings (SSSR count). The molecule has 0 saturated carbocycles. The molecule has 1 aliphatic heterocycles. The van der Waals surface area contributed by atoms with Crippen molar-refractivity contribution in [2.75, 3.05) is 49.5 Å². The van der Waals surface area contributed by atoms with Crippen LogP contribution in [0.3, 0.4) is 0 Å². The van der Waals surface area contributed by atoms with Crippen LogP contribution in [0.15, 0.2) is 42.5 Å². The summed E-state index contributed by atoms with van der Waals surface area (Å²) in [6, 6.07) is 12.2. The lowest BCUT2D eigenvalue weighted by atomic mass is 10.1. The molecule has 0 radical (unpaired) electrons. The molecule has 212 valence electrons. The fraction of sp³-hybridized carbons (Fsp3) is 0.385. The predicted octanol–water partition coefficient (Wildman–Crippen LogP) is 3.23. The average molecular weight is 553 g/mol. The van der Waals surface area contributed by atoms with Gasteiger partial charge in [0, 0.05) is 44.0 Å². The van der Waals surface area contributed by atoms with E-state index >= 15 is 0 Å². The van der Waals surface area contributed by atoms with Crippen molar-refractivity contribution in [3.05, 3.63) is 59.2 Å². The highest BCUT2D eigenvalue weighted by atomic mass is 19.4. The molecular formula is C26H31F3N4O6. The number of carbonyl (C=O) groups excluding carboxylic acids is 2. The molecule has 13 heteroatoms. The van der Waals surface area contributed by atoms with E-state index in [1.807, 2.05) is 30.9 Å². The molecule has 0 bridgehead atoms. The first kappa shape index (κ1) is 31.1. The summed E-state index contributed by atoms with van der Waals surface area (Å²) in [5, 5.41) is 22.5. The molecule has 4 N–H and O–H groups in total. The van der Waals surface area contributed by atoms with Crippen LogP contribution in [0.2, 0.25) is 0 Å². The van der Waals surface area contributed by atoms with Gasteiger partial charge >= 0.3 is 18.1 Å². The van der Waals surface area contributed by atoms with Crippen molar-refractivity contribution in [1.82, 2.24) is 10.2 Å². The topological polar surface area (TPSA) is 139 Å². The highest BCUT2D eigenvalue weighted by molar-refractivity contribution is 6.05. The Morgan fingerprint density at radius 3 is 2.15 bits per heavy atom. The van der Waals surface area contributed by atoms with Crippen molar-refractivity contribution in [1.29, 1.82) is 0 Å². The van der Waals surface area contributed by atoms with E-state index in [2.05, 4.69) is 15.5 Å². The van der Waals surface area contributed by atoms with E-state index in [0.29, 0.717) is 56.2 Å². The molecule has 2 aromatic rings. The number of hydrogen-bond acceptors (Lipinski definition) is 6. The first-order valence-electron chi connectivity index (χ1n) is 12.1. The Hall–Kier alpha value is -4.13. The van der Waals surface area contributed by atoms with Gasteiger partial charge in [-0.2, -0.15) is 13.2 Å². The molecule has 0 spiro atoms. The van der Waals surface area contributed by atoms with Gasteiger partial charge in [0.05, 0.1) is 17.8 Å². The number of halogens is 3. The first-order valence-corrected chi connectivity index (χ1v) is 12.1. The van der Waals surface area contributed by atoms with Gasteiger partial charge in [-0.25, -0.2) is 9.59 Å². The molecule has 1 saturated heterocycles. The highest BCUT2D eigenvalue weighted by Crippen LogP contribution is 2.26. The van der Waals surface area contributed by atoms with Crippen LogP contribution in [0.4, 0.5) is 24.5 Å². The average Bonchev–Trinajstić information content (AvgIpc) is 2.87. The summed E-state index contributed by atoms with van der Waals surface area (Å²) in [6.45, 7) is 7.53. The summed E-state index contributed by atoms with van der Waals surface area (Å²) in [7, 11) is 0. The van der Waals surface area contributed by atoms with Crippen LogP contribution in [0.25, 0.3) is 0 Å². The Kier molecular flexibility index (Phi) is 11.3. The number of piperazine rings is 1. The maximum atomic E-state index is 12.5. The van der Waals surface area contributed by atoms with Gasteiger partial charge in [-0.05, 0) is 43.7 Å². The Morgan fingerprint density at radius 2 is 1.62 bits per heavy atom. The third-order valence-corrected chi connectivity index (χ3v) is 5.66. The van der Waals surface area contributed by atoms with E-state index in [1.165, 1.54) is 6.07 Å². The fourth-order valence-corrected chi connectivity index (χ4v) is 3.72. The van der Waals surface area contributed by atoms with Crippen LogP contribution in [0, 0.1) is 6.92 Å². The molecule has 2 aromatic carbocycles. The maximum Gasteiger partial charge on any atom is 0.490 e. The summed E-state index contributed by atoms with van der Waals surface area (Å²) < 4.78 is 31.7. The molecule has 10 nitrogen and oxygen atoms in total. The van der Waals surface area contributed by atoms with Gasteiger partial charge in [-0.1, -0.05) is 24.6 Å². The molecule has 2 amide bonds. The first-order chi connectivity index (χ1) is 18.3. The summed E-state index contributed by atoms with van der Waals surface area (Å²) in [6.07, 6.45) is -4.18. The molecule has 0 unspecified atom stereocenters. The minimum Gasteiger partial charge on any atom is -0.478 e. The Balaban J connectivity index is 0.000000673. The summed E-state index contributed by atoms with van der Waals surface area (Å²) in [5.74, 6) is -4.08. The molecule has 0 aliphatic carbocycles. The van der Waals surface area contributed by atoms with Crippen molar-refractivity contribution >= 4 is 35.1 Å². The molecule has 1 fully saturated rings. The van der Waals surface area contributed by atoms with Gasteiger partial charge in [-0.3, -0.25) is 14.5 Å². The van der Waals surface area contributed by atoms with E-state index in [0.717, 1.165) is 12.0 Å². The van der Waals surface area contributed by atoms with Gasteiger partial charge in [0.25, 0.3) is 5.91 Å². The number of carboxylic acids is 2. The second-order valence-electron chi connectivity index (χ2n) is 8.78. The zero-order valence-corrected chi connectivity index (χ0v) is 21.5. The number of rotatable bonds is 8. The zero-order chi connectivity index (χ0) is 29.2. The van der Waals surface area contributed by atoms with Crippen molar-refractivity contribution in [2.45, 2.75) is 26.4 Å². The summed E-state index contributed by atoms with van der Waals surface area (Å²) >= 11 is 0. The summed E-state index contributed by atoms with van der Waals surface area (Å²) in [4.78, 5) is 49.3. The van der Waals surface area contributed by atoms with E-state index in [9.17, 15) is 32.7 Å². The van der Waals surface area contributed by atoms with Crippen LogP contribution in [0.5, 0.6) is 0 Å². The van der Waals surface area contributed by atoms with Crippen LogP contribution < -0.4 is 15.5 Å². The lowest BCUT2D eigenvalue weighted by molar-refractivity contribution is -0.192. The highest BCUT2D eigenvalue weighted by Gasteiger charge is 2.38. The number of amides is 2. The van der Waals surface area contributed by atoms with E-state index in [4.69, 9.17) is 9.90 Å². The third kappa shape index (κ3) is 9.93. The largest absolute Gasteiger partial charge is 0.490 e. The third-order valence-electron chi connectivity index (χ3n) is 5.66. The number of aromatic carboxylic acids is 1. The van der Waals surface area contributed by atoms with Gasteiger partial charge in [0.15, 0.2) is 0 Å². The van der Waals surface area contributed by atoms with Crippen LogP contribution in [0.1, 0.15) is 39.6 Å². The molecule has 0 aromatic heterocycles. The van der Waals surface area contributed by atoms with Crippen molar-refractivity contribution in [3.63, 3.8) is 0 Å².